The number of thiocarbonyl (C=S) groups is 1. The Bertz CT molecular complexity index is 679. The van der Waals surface area contributed by atoms with E-state index < -0.39 is 5.82 Å². The molecule has 0 aliphatic rings. The molecule has 0 unspecified atom stereocenters. The van der Waals surface area contributed by atoms with Crippen molar-refractivity contribution in [1.29, 1.82) is 0 Å². The molecule has 0 aliphatic heterocycles. The molecule has 0 atom stereocenters. The van der Waals surface area contributed by atoms with Gasteiger partial charge in [-0.1, -0.05) is 29.9 Å². The lowest BCUT2D eigenvalue weighted by atomic mass is 10.1. The molecule has 0 aromatic heterocycles. The van der Waals surface area contributed by atoms with E-state index in [1.54, 1.807) is 31.4 Å². The third-order valence-corrected chi connectivity index (χ3v) is 3.39. The van der Waals surface area contributed by atoms with Crippen LogP contribution in [-0.2, 0) is 6.61 Å². The maximum absolute atomic E-state index is 13.8. The van der Waals surface area contributed by atoms with E-state index in [2.05, 4.69) is 0 Å². The van der Waals surface area contributed by atoms with Crippen LogP contribution in [0.5, 0.6) is 11.5 Å². The Morgan fingerprint density at radius 1 is 1.29 bits per heavy atom. The molecule has 0 spiro atoms. The van der Waals surface area contributed by atoms with Crippen molar-refractivity contribution in [1.82, 2.24) is 0 Å². The van der Waals surface area contributed by atoms with Crippen molar-refractivity contribution in [3.63, 3.8) is 0 Å². The summed E-state index contributed by atoms with van der Waals surface area (Å²) in [4.78, 5) is 0.271. The largest absolute Gasteiger partial charge is 0.496 e. The molecule has 3 nitrogen and oxygen atoms in total. The first kappa shape index (κ1) is 15.5. The minimum atomic E-state index is -0.594. The SMILES string of the molecule is COc1ccc(C(N)=S)cc1COc1cccc(Cl)c1F. The van der Waals surface area contributed by atoms with Crippen molar-refractivity contribution in [3.8, 4) is 11.5 Å². The molecule has 0 aliphatic carbocycles. The zero-order valence-electron chi connectivity index (χ0n) is 11.2. The molecule has 21 heavy (non-hydrogen) atoms. The fourth-order valence-corrected chi connectivity index (χ4v) is 2.09. The van der Waals surface area contributed by atoms with Crippen LogP contribution >= 0.6 is 23.8 Å². The van der Waals surface area contributed by atoms with Gasteiger partial charge >= 0.3 is 0 Å². The third-order valence-electron chi connectivity index (χ3n) is 2.86. The van der Waals surface area contributed by atoms with Crippen LogP contribution in [0.25, 0.3) is 0 Å². The monoisotopic (exact) mass is 325 g/mol. The third kappa shape index (κ3) is 3.62. The summed E-state index contributed by atoms with van der Waals surface area (Å²) in [5.41, 5.74) is 7.00. The summed E-state index contributed by atoms with van der Waals surface area (Å²) in [5, 5.41) is 0.0105. The van der Waals surface area contributed by atoms with E-state index in [0.717, 1.165) is 0 Å². The van der Waals surface area contributed by atoms with Gasteiger partial charge in [0.15, 0.2) is 11.6 Å². The lowest BCUT2D eigenvalue weighted by Gasteiger charge is -2.12. The maximum atomic E-state index is 13.8. The summed E-state index contributed by atoms with van der Waals surface area (Å²) in [5.74, 6) is 0.0892. The normalized spacial score (nSPS) is 10.2. The fraction of sp³-hybridized carbons (Fsp3) is 0.133. The average molecular weight is 326 g/mol. The summed E-state index contributed by atoms with van der Waals surface area (Å²) < 4.78 is 24.5. The van der Waals surface area contributed by atoms with Crippen LogP contribution in [0.3, 0.4) is 0 Å². The molecular weight excluding hydrogens is 313 g/mol. The smallest absolute Gasteiger partial charge is 0.183 e. The maximum Gasteiger partial charge on any atom is 0.183 e. The topological polar surface area (TPSA) is 44.5 Å². The molecule has 0 fully saturated rings. The Morgan fingerprint density at radius 2 is 2.05 bits per heavy atom. The molecule has 0 amide bonds. The van der Waals surface area contributed by atoms with Crippen LogP contribution in [0, 0.1) is 5.82 Å². The van der Waals surface area contributed by atoms with Crippen molar-refractivity contribution < 1.29 is 13.9 Å². The second-order valence-electron chi connectivity index (χ2n) is 4.23. The highest BCUT2D eigenvalue weighted by Crippen LogP contribution is 2.27. The van der Waals surface area contributed by atoms with Gasteiger partial charge in [0, 0.05) is 11.1 Å². The number of halogens is 2. The number of nitrogens with two attached hydrogens (primary N) is 1. The first-order valence-electron chi connectivity index (χ1n) is 6.06. The fourth-order valence-electron chi connectivity index (χ4n) is 1.80. The number of rotatable bonds is 5. The molecule has 2 aromatic carbocycles. The van der Waals surface area contributed by atoms with Crippen LogP contribution < -0.4 is 15.2 Å². The molecule has 6 heteroatoms. The van der Waals surface area contributed by atoms with Crippen LogP contribution in [0.1, 0.15) is 11.1 Å². The number of benzene rings is 2. The van der Waals surface area contributed by atoms with Gasteiger partial charge < -0.3 is 15.2 Å². The van der Waals surface area contributed by atoms with E-state index in [1.165, 1.54) is 12.1 Å². The van der Waals surface area contributed by atoms with Crippen LogP contribution in [-0.4, -0.2) is 12.1 Å². The second-order valence-corrected chi connectivity index (χ2v) is 5.08. The average Bonchev–Trinajstić information content (AvgIpc) is 2.48. The summed E-state index contributed by atoms with van der Waals surface area (Å²) >= 11 is 10.6. The van der Waals surface area contributed by atoms with Gasteiger partial charge in [0.25, 0.3) is 0 Å². The molecule has 0 radical (unpaired) electrons. The van der Waals surface area contributed by atoms with Gasteiger partial charge in [-0.25, -0.2) is 4.39 Å². The van der Waals surface area contributed by atoms with Crippen molar-refractivity contribution in [2.24, 2.45) is 5.73 Å². The molecule has 0 bridgehead atoms. The van der Waals surface area contributed by atoms with Crippen molar-refractivity contribution in [2.45, 2.75) is 6.61 Å². The summed E-state index contributed by atoms with van der Waals surface area (Å²) in [6.07, 6.45) is 0. The van der Waals surface area contributed by atoms with E-state index in [9.17, 15) is 4.39 Å². The number of methoxy groups -OCH3 is 1. The molecule has 0 heterocycles. The predicted octanol–water partition coefficient (Wildman–Crippen LogP) is 3.70. The van der Waals surface area contributed by atoms with Gasteiger partial charge in [-0.15, -0.1) is 0 Å². The molecule has 0 saturated carbocycles. The van der Waals surface area contributed by atoms with E-state index >= 15 is 0 Å². The zero-order valence-corrected chi connectivity index (χ0v) is 12.8. The zero-order chi connectivity index (χ0) is 15.4. The lowest BCUT2D eigenvalue weighted by Crippen LogP contribution is -2.10. The van der Waals surface area contributed by atoms with Crippen molar-refractivity contribution in [2.75, 3.05) is 7.11 Å². The number of hydrogen-bond donors (Lipinski definition) is 1. The van der Waals surface area contributed by atoms with Gasteiger partial charge in [-0.05, 0) is 30.3 Å². The van der Waals surface area contributed by atoms with E-state index in [0.29, 0.717) is 16.9 Å². The Labute approximate surface area is 132 Å². The van der Waals surface area contributed by atoms with E-state index in [1.807, 2.05) is 0 Å². The number of ether oxygens (including phenoxy) is 2. The number of hydrogen-bond acceptors (Lipinski definition) is 3. The highest BCUT2D eigenvalue weighted by Gasteiger charge is 2.10. The predicted molar refractivity (Wildman–Crippen MR) is 84.6 cm³/mol. The van der Waals surface area contributed by atoms with E-state index in [4.69, 9.17) is 39.0 Å². The minimum Gasteiger partial charge on any atom is -0.496 e. The summed E-state index contributed by atoms with van der Waals surface area (Å²) in [6.45, 7) is 0.108. The minimum absolute atomic E-state index is 0.0105. The molecule has 2 aromatic rings. The Balaban J connectivity index is 2.24. The Kier molecular flexibility index (Phi) is 4.98. The van der Waals surface area contributed by atoms with Gasteiger partial charge in [0.05, 0.1) is 12.1 Å². The summed E-state index contributed by atoms with van der Waals surface area (Å²) in [7, 11) is 1.54. The van der Waals surface area contributed by atoms with Crippen LogP contribution in [0.15, 0.2) is 36.4 Å². The molecular formula is C15H13ClFNO2S. The highest BCUT2D eigenvalue weighted by atomic mass is 35.5. The van der Waals surface area contributed by atoms with Crippen LogP contribution in [0.2, 0.25) is 5.02 Å². The Morgan fingerprint density at radius 3 is 2.71 bits per heavy atom. The highest BCUT2D eigenvalue weighted by molar-refractivity contribution is 7.80. The Hall–Kier alpha value is -1.85. The van der Waals surface area contributed by atoms with Gasteiger partial charge in [-0.2, -0.15) is 0 Å². The second kappa shape index (κ2) is 6.74. The van der Waals surface area contributed by atoms with Gasteiger partial charge in [-0.3, -0.25) is 0 Å². The first-order chi connectivity index (χ1) is 10.0. The van der Waals surface area contributed by atoms with Gasteiger partial charge in [0.2, 0.25) is 0 Å². The van der Waals surface area contributed by atoms with E-state index in [-0.39, 0.29) is 22.4 Å². The molecule has 0 saturated heterocycles. The van der Waals surface area contributed by atoms with Crippen LogP contribution in [0.4, 0.5) is 4.39 Å². The standard InChI is InChI=1S/C15H13ClFNO2S/c1-19-12-6-5-9(15(18)21)7-10(12)8-20-13-4-2-3-11(16)14(13)17/h2-7H,8H2,1H3,(H2,18,21). The summed E-state index contributed by atoms with van der Waals surface area (Å²) in [6, 6.07) is 9.82. The molecule has 2 rings (SSSR count). The molecule has 2 N–H and O–H groups in total. The van der Waals surface area contributed by atoms with Gasteiger partial charge in [0.1, 0.15) is 17.3 Å². The molecule has 110 valence electrons. The quantitative estimate of drug-likeness (QED) is 0.851. The first-order valence-corrected chi connectivity index (χ1v) is 6.85. The lowest BCUT2D eigenvalue weighted by molar-refractivity contribution is 0.282. The van der Waals surface area contributed by atoms with Crippen molar-refractivity contribution in [3.05, 3.63) is 58.4 Å². The van der Waals surface area contributed by atoms with Crippen molar-refractivity contribution >= 4 is 28.8 Å².